The zero-order valence-electron chi connectivity index (χ0n) is 14.7. The van der Waals surface area contributed by atoms with Crippen LogP contribution < -0.4 is 16.4 Å². The number of rotatable bonds is 8. The Hall–Kier alpha value is -1.83. The van der Waals surface area contributed by atoms with Gasteiger partial charge in [-0.1, -0.05) is 0 Å². The number of hydrogen-bond donors (Lipinski definition) is 3. The summed E-state index contributed by atoms with van der Waals surface area (Å²) >= 11 is 0. The summed E-state index contributed by atoms with van der Waals surface area (Å²) in [6, 6.07) is 0. The van der Waals surface area contributed by atoms with Crippen LogP contribution in [0.25, 0.3) is 0 Å². The summed E-state index contributed by atoms with van der Waals surface area (Å²) in [6.07, 6.45) is 0.0524. The van der Waals surface area contributed by atoms with E-state index < -0.39 is 29.1 Å². The first-order valence-electron chi connectivity index (χ1n) is 7.69. The van der Waals surface area contributed by atoms with Crippen LogP contribution in [0.2, 0.25) is 0 Å². The molecule has 0 spiro atoms. The van der Waals surface area contributed by atoms with Gasteiger partial charge in [-0.3, -0.25) is 4.79 Å². The predicted molar refractivity (Wildman–Crippen MR) is 85.7 cm³/mol. The third kappa shape index (κ3) is 8.39. The molecule has 0 radical (unpaired) electrons. The second-order valence-corrected chi connectivity index (χ2v) is 6.23. The molecule has 2 amide bonds. The van der Waals surface area contributed by atoms with Gasteiger partial charge in [0.2, 0.25) is 5.91 Å². The summed E-state index contributed by atoms with van der Waals surface area (Å²) in [5, 5.41) is 5.11. The Labute approximate surface area is 137 Å². The molecule has 0 aliphatic rings. The number of carbonyl (C=O) groups excluding carboxylic acids is 3. The van der Waals surface area contributed by atoms with Crippen molar-refractivity contribution in [2.24, 2.45) is 5.73 Å². The normalized spacial score (nSPS) is 13.7. The molecule has 8 heteroatoms. The minimum Gasteiger partial charge on any atom is -0.464 e. The Bertz CT molecular complexity index is 420. The van der Waals surface area contributed by atoms with E-state index in [1.54, 1.807) is 27.7 Å². The number of amides is 2. The van der Waals surface area contributed by atoms with E-state index in [0.29, 0.717) is 13.0 Å². The van der Waals surface area contributed by atoms with E-state index in [2.05, 4.69) is 10.6 Å². The second kappa shape index (κ2) is 9.34. The lowest BCUT2D eigenvalue weighted by Gasteiger charge is -2.32. The first-order valence-corrected chi connectivity index (χ1v) is 7.69. The van der Waals surface area contributed by atoms with Gasteiger partial charge in [-0.05, 0) is 47.1 Å². The number of ether oxygens (including phenoxy) is 2. The highest BCUT2D eigenvalue weighted by Gasteiger charge is 2.41. The van der Waals surface area contributed by atoms with E-state index in [1.807, 2.05) is 0 Å². The van der Waals surface area contributed by atoms with Crippen LogP contribution in [0, 0.1) is 0 Å². The summed E-state index contributed by atoms with van der Waals surface area (Å²) in [5.41, 5.74) is 3.48. The summed E-state index contributed by atoms with van der Waals surface area (Å²) in [5.74, 6) is -1.01. The van der Waals surface area contributed by atoms with E-state index >= 15 is 0 Å². The lowest BCUT2D eigenvalue weighted by molar-refractivity contribution is -0.153. The van der Waals surface area contributed by atoms with Gasteiger partial charge in [-0.25, -0.2) is 9.59 Å². The monoisotopic (exact) mass is 331 g/mol. The third-order valence-corrected chi connectivity index (χ3v) is 2.82. The highest BCUT2D eigenvalue weighted by Crippen LogP contribution is 2.16. The van der Waals surface area contributed by atoms with Crippen LogP contribution in [0.5, 0.6) is 0 Å². The van der Waals surface area contributed by atoms with Crippen molar-refractivity contribution in [3.05, 3.63) is 0 Å². The molecule has 0 heterocycles. The smallest absolute Gasteiger partial charge is 0.407 e. The van der Waals surface area contributed by atoms with Gasteiger partial charge in [0.15, 0.2) is 5.54 Å². The van der Waals surface area contributed by atoms with E-state index in [1.165, 1.54) is 6.92 Å². The predicted octanol–water partition coefficient (Wildman–Crippen LogP) is 0.688. The van der Waals surface area contributed by atoms with E-state index in [0.717, 1.165) is 0 Å². The molecule has 8 nitrogen and oxygen atoms in total. The van der Waals surface area contributed by atoms with Gasteiger partial charge in [0.05, 0.1) is 13.2 Å². The minimum atomic E-state index is -1.36. The summed E-state index contributed by atoms with van der Waals surface area (Å²) in [4.78, 5) is 35.7. The summed E-state index contributed by atoms with van der Waals surface area (Å²) in [7, 11) is 0. The fraction of sp³-hybridized carbons (Fsp3) is 0.800. The second-order valence-electron chi connectivity index (χ2n) is 6.23. The van der Waals surface area contributed by atoms with Crippen LogP contribution in [0.1, 0.15) is 47.5 Å². The van der Waals surface area contributed by atoms with E-state index in [9.17, 15) is 14.4 Å². The zero-order valence-corrected chi connectivity index (χ0v) is 14.7. The molecule has 0 aromatic rings. The number of esters is 1. The number of alkyl carbamates (subject to hydrolysis) is 1. The van der Waals surface area contributed by atoms with Crippen LogP contribution in [0.4, 0.5) is 4.79 Å². The van der Waals surface area contributed by atoms with Crippen LogP contribution in [0.15, 0.2) is 0 Å². The number of hydrogen-bond acceptors (Lipinski definition) is 6. The van der Waals surface area contributed by atoms with Crippen LogP contribution >= 0.6 is 0 Å². The maximum atomic E-state index is 12.3. The van der Waals surface area contributed by atoms with Crippen molar-refractivity contribution >= 4 is 18.0 Å². The molecule has 134 valence electrons. The van der Waals surface area contributed by atoms with Crippen LogP contribution in [-0.4, -0.2) is 48.8 Å². The van der Waals surface area contributed by atoms with Crippen LogP contribution in [-0.2, 0) is 19.1 Å². The quantitative estimate of drug-likeness (QED) is 0.563. The number of carbonyl (C=O) groups is 3. The van der Waals surface area contributed by atoms with Crippen molar-refractivity contribution in [2.45, 2.75) is 58.6 Å². The largest absolute Gasteiger partial charge is 0.464 e. The molecule has 1 atom stereocenters. The van der Waals surface area contributed by atoms with Gasteiger partial charge in [0.1, 0.15) is 5.60 Å². The highest BCUT2D eigenvalue weighted by molar-refractivity contribution is 5.88. The first kappa shape index (κ1) is 21.2. The van der Waals surface area contributed by atoms with Gasteiger partial charge in [-0.15, -0.1) is 0 Å². The van der Waals surface area contributed by atoms with Crippen molar-refractivity contribution in [2.75, 3.05) is 19.7 Å². The molecule has 0 aliphatic heterocycles. The maximum absolute atomic E-state index is 12.3. The average Bonchev–Trinajstić information content (AvgIpc) is 2.39. The van der Waals surface area contributed by atoms with Gasteiger partial charge in [0.25, 0.3) is 0 Å². The topological polar surface area (TPSA) is 120 Å². The molecular weight excluding hydrogens is 302 g/mol. The zero-order chi connectivity index (χ0) is 18.1. The molecular formula is C15H29N3O5. The summed E-state index contributed by atoms with van der Waals surface area (Å²) < 4.78 is 10.2. The molecule has 0 aromatic heterocycles. The van der Waals surface area contributed by atoms with Gasteiger partial charge in [0, 0.05) is 6.92 Å². The standard InChI is InChI=1S/C15H29N3O5/c1-6-22-12(20)15(8-7-9-16,18-11(2)19)10-17-13(21)23-14(3,4)5/h6-10,16H2,1-5H3,(H,17,21)(H,18,19). The Kier molecular flexibility index (Phi) is 8.60. The van der Waals surface area contributed by atoms with Crippen molar-refractivity contribution in [1.82, 2.24) is 10.6 Å². The Morgan fingerprint density at radius 2 is 1.78 bits per heavy atom. The molecule has 0 saturated carbocycles. The van der Waals surface area contributed by atoms with E-state index in [4.69, 9.17) is 15.2 Å². The average molecular weight is 331 g/mol. The lowest BCUT2D eigenvalue weighted by atomic mass is 9.92. The van der Waals surface area contributed by atoms with Crippen molar-refractivity contribution < 1.29 is 23.9 Å². The molecule has 1 unspecified atom stereocenters. The molecule has 0 saturated heterocycles. The maximum Gasteiger partial charge on any atom is 0.407 e. The third-order valence-electron chi connectivity index (χ3n) is 2.82. The van der Waals surface area contributed by atoms with E-state index in [-0.39, 0.29) is 19.6 Å². The number of nitrogens with two attached hydrogens (primary N) is 1. The fourth-order valence-corrected chi connectivity index (χ4v) is 1.97. The van der Waals surface area contributed by atoms with Crippen LogP contribution in [0.3, 0.4) is 0 Å². The molecule has 0 bridgehead atoms. The minimum absolute atomic E-state index is 0.139. The Morgan fingerprint density at radius 1 is 1.17 bits per heavy atom. The SMILES string of the molecule is CCOC(=O)C(CCCN)(CNC(=O)OC(C)(C)C)NC(C)=O. The van der Waals surface area contributed by atoms with Gasteiger partial charge < -0.3 is 25.8 Å². The van der Waals surface area contributed by atoms with Gasteiger partial charge >= 0.3 is 12.1 Å². The van der Waals surface area contributed by atoms with Crippen molar-refractivity contribution in [3.63, 3.8) is 0 Å². The highest BCUT2D eigenvalue weighted by atomic mass is 16.6. The summed E-state index contributed by atoms with van der Waals surface area (Å²) in [6.45, 7) is 8.52. The molecule has 23 heavy (non-hydrogen) atoms. The first-order chi connectivity index (χ1) is 10.6. The lowest BCUT2D eigenvalue weighted by Crippen LogP contribution is -2.61. The number of nitrogens with one attached hydrogen (secondary N) is 2. The molecule has 0 aromatic carbocycles. The Balaban J connectivity index is 5.16. The van der Waals surface area contributed by atoms with Gasteiger partial charge in [-0.2, -0.15) is 0 Å². The van der Waals surface area contributed by atoms with Crippen molar-refractivity contribution in [1.29, 1.82) is 0 Å². The molecule has 0 rings (SSSR count). The Morgan fingerprint density at radius 3 is 2.22 bits per heavy atom. The van der Waals surface area contributed by atoms with Crippen molar-refractivity contribution in [3.8, 4) is 0 Å². The molecule has 4 N–H and O–H groups in total. The fourth-order valence-electron chi connectivity index (χ4n) is 1.97. The molecule has 0 fully saturated rings. The molecule has 0 aliphatic carbocycles.